The summed E-state index contributed by atoms with van der Waals surface area (Å²) in [5.41, 5.74) is 1.94. The van der Waals surface area contributed by atoms with E-state index in [9.17, 15) is 12.3 Å². The van der Waals surface area contributed by atoms with Crippen molar-refractivity contribution in [3.05, 3.63) is 60.3 Å². The Kier molecular flexibility index (Phi) is 7.05. The number of anilines is 4. The Morgan fingerprint density at radius 1 is 1.06 bits per heavy atom. The summed E-state index contributed by atoms with van der Waals surface area (Å²) in [5, 5.41) is 6.16. The first-order chi connectivity index (χ1) is 15.9. The normalized spacial score (nSPS) is 14.2. The highest BCUT2D eigenvalue weighted by atomic mass is 32.3. The number of rotatable bonds is 9. The topological polar surface area (TPSA) is 96.5 Å². The third kappa shape index (κ3) is 6.39. The number of benzene rings is 2. The van der Waals surface area contributed by atoms with Crippen molar-refractivity contribution in [2.24, 2.45) is 0 Å². The molecule has 1 fully saturated rings. The van der Waals surface area contributed by atoms with E-state index in [-0.39, 0.29) is 0 Å². The summed E-state index contributed by atoms with van der Waals surface area (Å²) in [6.45, 7) is 5.72. The zero-order valence-electron chi connectivity index (χ0n) is 18.3. The fourth-order valence-corrected chi connectivity index (χ4v) is 4.06. The van der Waals surface area contributed by atoms with Crippen molar-refractivity contribution in [3.8, 4) is 5.75 Å². The quantitative estimate of drug-likeness (QED) is 0.443. The minimum atomic E-state index is -4.79. The molecule has 0 aliphatic carbocycles. The van der Waals surface area contributed by atoms with Crippen LogP contribution in [0, 0.1) is 6.92 Å². The van der Waals surface area contributed by atoms with Crippen LogP contribution in [-0.4, -0.2) is 49.5 Å². The lowest BCUT2D eigenvalue weighted by Crippen LogP contribution is -2.25. The lowest BCUT2D eigenvalue weighted by Gasteiger charge is -2.15. The minimum absolute atomic E-state index is 0.361. The molecule has 4 rings (SSSR count). The Bertz CT molecular complexity index is 1200. The van der Waals surface area contributed by atoms with Crippen molar-refractivity contribution in [1.29, 1.82) is 0 Å². The van der Waals surface area contributed by atoms with Crippen LogP contribution in [0.3, 0.4) is 0 Å². The van der Waals surface area contributed by atoms with Gasteiger partial charge in [0, 0.05) is 29.7 Å². The van der Waals surface area contributed by atoms with Gasteiger partial charge in [-0.3, -0.25) is 4.90 Å². The minimum Gasteiger partial charge on any atom is -0.492 e. The van der Waals surface area contributed by atoms with E-state index in [2.05, 4.69) is 25.5 Å². The molecule has 0 saturated carbocycles. The van der Waals surface area contributed by atoms with Crippen LogP contribution in [0.2, 0.25) is 0 Å². The second-order valence-corrected chi connectivity index (χ2v) is 9.21. The Morgan fingerprint density at radius 3 is 2.55 bits per heavy atom. The summed E-state index contributed by atoms with van der Waals surface area (Å²) < 4.78 is 41.4. The van der Waals surface area contributed by atoms with E-state index in [0.717, 1.165) is 36.6 Å². The zero-order chi connectivity index (χ0) is 23.3. The Hall–Kier alpha value is -3.24. The molecule has 0 unspecified atom stereocenters. The molecule has 0 amide bonds. The first-order valence-corrected chi connectivity index (χ1v) is 12.1. The molecule has 1 aromatic heterocycles. The second-order valence-electron chi connectivity index (χ2n) is 7.86. The van der Waals surface area contributed by atoms with Gasteiger partial charge in [-0.05, 0) is 75.3 Å². The first-order valence-electron chi connectivity index (χ1n) is 10.7. The number of nitrogens with one attached hydrogen (secondary N) is 2. The summed E-state index contributed by atoms with van der Waals surface area (Å²) in [5.74, 6) is 1.64. The van der Waals surface area contributed by atoms with Crippen LogP contribution in [0.15, 0.2) is 59.6 Å². The van der Waals surface area contributed by atoms with Crippen molar-refractivity contribution in [3.63, 3.8) is 0 Å². The predicted octanol–water partition coefficient (Wildman–Crippen LogP) is 4.41. The Labute approximate surface area is 193 Å². The Morgan fingerprint density at radius 2 is 1.82 bits per heavy atom. The molecular weight excluding hydrogens is 445 g/mol. The number of hydrogen-bond donors (Lipinski definition) is 2. The summed E-state index contributed by atoms with van der Waals surface area (Å²) in [6, 6.07) is 13.1. The maximum atomic E-state index is 13.3. The maximum absolute atomic E-state index is 13.3. The molecule has 33 heavy (non-hydrogen) atoms. The van der Waals surface area contributed by atoms with Gasteiger partial charge < -0.3 is 15.4 Å². The molecular formula is C23H26FN5O3S. The third-order valence-corrected chi connectivity index (χ3v) is 6.15. The summed E-state index contributed by atoms with van der Waals surface area (Å²) in [7, 11) is -4.79. The molecule has 2 heterocycles. The van der Waals surface area contributed by atoms with E-state index >= 15 is 0 Å². The van der Waals surface area contributed by atoms with E-state index in [4.69, 9.17) is 4.74 Å². The lowest BCUT2D eigenvalue weighted by atomic mass is 10.3. The largest absolute Gasteiger partial charge is 0.492 e. The fourth-order valence-electron chi connectivity index (χ4n) is 3.55. The van der Waals surface area contributed by atoms with Gasteiger partial charge >= 0.3 is 10.2 Å². The number of ether oxygens (including phenoxy) is 1. The fraction of sp³-hybridized carbons (Fsp3) is 0.304. The molecule has 2 N–H and O–H groups in total. The average Bonchev–Trinajstić information content (AvgIpc) is 3.30. The third-order valence-electron chi connectivity index (χ3n) is 5.34. The highest BCUT2D eigenvalue weighted by Crippen LogP contribution is 2.24. The van der Waals surface area contributed by atoms with Crippen LogP contribution in [0.1, 0.15) is 18.4 Å². The summed E-state index contributed by atoms with van der Waals surface area (Å²) in [4.78, 5) is 10.7. The Balaban J connectivity index is 1.38. The molecule has 0 atom stereocenters. The molecule has 8 nitrogen and oxygen atoms in total. The second kappa shape index (κ2) is 10.1. The van der Waals surface area contributed by atoms with Gasteiger partial charge in [0.2, 0.25) is 5.95 Å². The van der Waals surface area contributed by atoms with Gasteiger partial charge in [0.05, 0.1) is 0 Å². The number of likely N-dealkylation sites (tertiary alicyclic amines) is 1. The van der Waals surface area contributed by atoms with Gasteiger partial charge in [-0.1, -0.05) is 6.07 Å². The lowest BCUT2D eigenvalue weighted by molar-refractivity contribution is 0.238. The molecule has 0 bridgehead atoms. The number of hydrogen-bond acceptors (Lipinski definition) is 8. The molecule has 1 aliphatic heterocycles. The number of halogens is 1. The number of aryl methyl sites for hydroxylation is 1. The molecule has 1 aliphatic rings. The van der Waals surface area contributed by atoms with Crippen LogP contribution in [0.5, 0.6) is 5.75 Å². The molecule has 1 saturated heterocycles. The van der Waals surface area contributed by atoms with Gasteiger partial charge in [-0.25, -0.2) is 4.98 Å². The van der Waals surface area contributed by atoms with Crippen molar-refractivity contribution in [2.45, 2.75) is 24.7 Å². The van der Waals surface area contributed by atoms with Gasteiger partial charge in [-0.2, -0.15) is 13.4 Å². The predicted molar refractivity (Wildman–Crippen MR) is 126 cm³/mol. The molecule has 3 aromatic rings. The highest BCUT2D eigenvalue weighted by Gasteiger charge is 2.13. The maximum Gasteiger partial charge on any atom is 0.332 e. The molecule has 10 heteroatoms. The molecule has 0 spiro atoms. The van der Waals surface area contributed by atoms with Crippen molar-refractivity contribution < 1.29 is 17.0 Å². The SMILES string of the molecule is Cc1cnc(Nc2ccc(OCCN3CCCC3)cc2)nc1Nc1cccc(S(=O)(=O)F)c1. The van der Waals surface area contributed by atoms with Crippen LogP contribution in [-0.2, 0) is 10.2 Å². The zero-order valence-corrected chi connectivity index (χ0v) is 19.1. The summed E-state index contributed by atoms with van der Waals surface area (Å²) in [6.07, 6.45) is 4.18. The molecule has 174 valence electrons. The van der Waals surface area contributed by atoms with E-state index in [0.29, 0.717) is 24.1 Å². The standard InChI is InChI=1S/C23H26FN5O3S/c1-17-16-25-23(28-22(17)26-19-5-4-6-21(15-19)33(24,30)31)27-18-7-9-20(10-8-18)32-14-13-29-11-2-3-12-29/h4-10,15-16H,2-3,11-14H2,1H3,(H2,25,26,27,28). The first kappa shape index (κ1) is 22.9. The monoisotopic (exact) mass is 471 g/mol. The van der Waals surface area contributed by atoms with Crippen LogP contribution < -0.4 is 15.4 Å². The van der Waals surface area contributed by atoms with Crippen molar-refractivity contribution in [2.75, 3.05) is 36.9 Å². The van der Waals surface area contributed by atoms with E-state index in [1.54, 1.807) is 12.3 Å². The van der Waals surface area contributed by atoms with Gasteiger partial charge in [0.15, 0.2) is 0 Å². The van der Waals surface area contributed by atoms with Crippen molar-refractivity contribution >= 4 is 33.4 Å². The van der Waals surface area contributed by atoms with Crippen LogP contribution >= 0.6 is 0 Å². The van der Waals surface area contributed by atoms with Gasteiger partial charge in [-0.15, -0.1) is 3.89 Å². The van der Waals surface area contributed by atoms with E-state index < -0.39 is 15.1 Å². The summed E-state index contributed by atoms with van der Waals surface area (Å²) >= 11 is 0. The van der Waals surface area contributed by atoms with Crippen molar-refractivity contribution in [1.82, 2.24) is 14.9 Å². The van der Waals surface area contributed by atoms with Gasteiger partial charge in [0.1, 0.15) is 23.1 Å². The van der Waals surface area contributed by atoms with Crippen LogP contribution in [0.4, 0.5) is 27.0 Å². The van der Waals surface area contributed by atoms with Crippen LogP contribution in [0.25, 0.3) is 0 Å². The number of nitrogens with zero attached hydrogens (tertiary/aromatic N) is 3. The highest BCUT2D eigenvalue weighted by molar-refractivity contribution is 7.86. The van der Waals surface area contributed by atoms with E-state index in [1.165, 1.54) is 31.0 Å². The molecule has 0 radical (unpaired) electrons. The van der Waals surface area contributed by atoms with E-state index in [1.807, 2.05) is 31.2 Å². The average molecular weight is 472 g/mol. The van der Waals surface area contributed by atoms with Gasteiger partial charge in [0.25, 0.3) is 0 Å². The molecule has 2 aromatic carbocycles. The number of aromatic nitrogens is 2. The smallest absolute Gasteiger partial charge is 0.332 e.